The van der Waals surface area contributed by atoms with Gasteiger partial charge in [0.1, 0.15) is 11.6 Å². The number of benzene rings is 3. The minimum Gasteiger partial charge on any atom is -0.484 e. The Bertz CT molecular complexity index is 895. The Balaban J connectivity index is 1.46. The molecule has 0 bridgehead atoms. The first-order valence-corrected chi connectivity index (χ1v) is 8.31. The molecule has 2 N–H and O–H groups in total. The molecule has 0 unspecified atom stereocenters. The molecule has 0 spiro atoms. The summed E-state index contributed by atoms with van der Waals surface area (Å²) in [6, 6.07) is 22.3. The first-order chi connectivity index (χ1) is 13.2. The number of anilines is 2. The van der Waals surface area contributed by atoms with E-state index in [1.54, 1.807) is 30.5 Å². The summed E-state index contributed by atoms with van der Waals surface area (Å²) in [5, 5.41) is 6.84. The van der Waals surface area contributed by atoms with Gasteiger partial charge in [0, 0.05) is 5.69 Å². The van der Waals surface area contributed by atoms with E-state index in [9.17, 15) is 9.18 Å². The molecule has 27 heavy (non-hydrogen) atoms. The second-order valence-electron chi connectivity index (χ2n) is 5.65. The van der Waals surface area contributed by atoms with Crippen LogP contribution in [0.25, 0.3) is 0 Å². The van der Waals surface area contributed by atoms with E-state index >= 15 is 0 Å². The van der Waals surface area contributed by atoms with Crippen molar-refractivity contribution in [2.45, 2.75) is 0 Å². The van der Waals surface area contributed by atoms with Gasteiger partial charge in [0.15, 0.2) is 6.61 Å². The van der Waals surface area contributed by atoms with Crippen LogP contribution in [0.3, 0.4) is 0 Å². The van der Waals surface area contributed by atoms with Crippen LogP contribution in [-0.2, 0) is 4.79 Å². The standard InChI is InChI=1S/C21H18FN3O2/c22-17-8-10-19(11-9-17)25-23-14-16-6-12-20(13-7-16)27-15-21(26)24-18-4-2-1-3-5-18/h1-14,25H,15H2,(H,24,26). The van der Waals surface area contributed by atoms with Crippen LogP contribution in [0.1, 0.15) is 5.56 Å². The van der Waals surface area contributed by atoms with Crippen molar-refractivity contribution in [1.82, 2.24) is 0 Å². The summed E-state index contributed by atoms with van der Waals surface area (Å²) < 4.78 is 18.3. The summed E-state index contributed by atoms with van der Waals surface area (Å²) in [6.45, 7) is -0.0749. The van der Waals surface area contributed by atoms with Gasteiger partial charge in [-0.3, -0.25) is 10.2 Å². The van der Waals surface area contributed by atoms with E-state index < -0.39 is 0 Å². The summed E-state index contributed by atoms with van der Waals surface area (Å²) >= 11 is 0. The van der Waals surface area contributed by atoms with E-state index in [1.165, 1.54) is 12.1 Å². The fourth-order valence-electron chi connectivity index (χ4n) is 2.22. The summed E-state index contributed by atoms with van der Waals surface area (Å²) in [4.78, 5) is 11.9. The molecule has 0 heterocycles. The Hall–Kier alpha value is -3.67. The maximum atomic E-state index is 12.8. The third kappa shape index (κ3) is 5.97. The van der Waals surface area contributed by atoms with Gasteiger partial charge in [-0.05, 0) is 66.2 Å². The smallest absolute Gasteiger partial charge is 0.262 e. The average Bonchev–Trinajstić information content (AvgIpc) is 2.70. The number of para-hydroxylation sites is 1. The molecule has 136 valence electrons. The molecule has 0 saturated carbocycles. The normalized spacial score (nSPS) is 10.6. The lowest BCUT2D eigenvalue weighted by Crippen LogP contribution is -2.20. The van der Waals surface area contributed by atoms with Crippen LogP contribution in [0, 0.1) is 5.82 Å². The van der Waals surface area contributed by atoms with Crippen LogP contribution in [0.15, 0.2) is 84.0 Å². The number of halogens is 1. The maximum Gasteiger partial charge on any atom is 0.262 e. The van der Waals surface area contributed by atoms with E-state index in [2.05, 4.69) is 15.8 Å². The van der Waals surface area contributed by atoms with Crippen LogP contribution >= 0.6 is 0 Å². The van der Waals surface area contributed by atoms with Gasteiger partial charge in [0.05, 0.1) is 11.9 Å². The number of nitrogens with zero attached hydrogens (tertiary/aromatic N) is 1. The molecule has 3 rings (SSSR count). The Morgan fingerprint density at radius 1 is 0.926 bits per heavy atom. The second kappa shape index (κ2) is 9.15. The molecule has 0 aliphatic carbocycles. The van der Waals surface area contributed by atoms with E-state index in [1.807, 2.05) is 42.5 Å². The molecule has 3 aromatic carbocycles. The van der Waals surface area contributed by atoms with E-state index in [4.69, 9.17) is 4.74 Å². The predicted octanol–water partition coefficient (Wildman–Crippen LogP) is 4.29. The highest BCUT2D eigenvalue weighted by Crippen LogP contribution is 2.12. The van der Waals surface area contributed by atoms with Crippen molar-refractivity contribution < 1.29 is 13.9 Å². The van der Waals surface area contributed by atoms with Gasteiger partial charge in [0.25, 0.3) is 5.91 Å². The first-order valence-electron chi connectivity index (χ1n) is 8.31. The van der Waals surface area contributed by atoms with Gasteiger partial charge in [-0.2, -0.15) is 5.10 Å². The van der Waals surface area contributed by atoms with Crippen LogP contribution in [0.5, 0.6) is 5.75 Å². The maximum absolute atomic E-state index is 12.8. The van der Waals surface area contributed by atoms with E-state index in [0.717, 1.165) is 11.3 Å². The number of ether oxygens (including phenoxy) is 1. The number of nitrogens with one attached hydrogen (secondary N) is 2. The van der Waals surface area contributed by atoms with Crippen LogP contribution in [0.2, 0.25) is 0 Å². The van der Waals surface area contributed by atoms with Gasteiger partial charge < -0.3 is 10.1 Å². The quantitative estimate of drug-likeness (QED) is 0.486. The molecule has 0 fully saturated rings. The number of hydrogen-bond donors (Lipinski definition) is 2. The summed E-state index contributed by atoms with van der Waals surface area (Å²) in [6.07, 6.45) is 1.63. The molecule has 0 atom stereocenters. The fourth-order valence-corrected chi connectivity index (χ4v) is 2.22. The van der Waals surface area contributed by atoms with E-state index in [-0.39, 0.29) is 18.3 Å². The van der Waals surface area contributed by atoms with Crippen molar-refractivity contribution in [3.05, 3.63) is 90.2 Å². The third-order valence-electron chi connectivity index (χ3n) is 3.56. The highest BCUT2D eigenvalue weighted by Gasteiger charge is 2.03. The Morgan fingerprint density at radius 3 is 2.33 bits per heavy atom. The number of hydrogen-bond acceptors (Lipinski definition) is 4. The number of carbonyl (C=O) groups excluding carboxylic acids is 1. The van der Waals surface area contributed by atoms with Gasteiger partial charge in [0.2, 0.25) is 0 Å². The average molecular weight is 363 g/mol. The predicted molar refractivity (Wildman–Crippen MR) is 105 cm³/mol. The van der Waals surface area contributed by atoms with Crippen LogP contribution in [-0.4, -0.2) is 18.7 Å². The molecule has 0 aliphatic heterocycles. The zero-order valence-electron chi connectivity index (χ0n) is 14.4. The van der Waals surface area contributed by atoms with Crippen molar-refractivity contribution in [2.75, 3.05) is 17.3 Å². The highest BCUT2D eigenvalue weighted by atomic mass is 19.1. The molecule has 0 aliphatic rings. The lowest BCUT2D eigenvalue weighted by molar-refractivity contribution is -0.118. The molecular weight excluding hydrogens is 345 g/mol. The molecule has 6 heteroatoms. The minimum atomic E-state index is -0.294. The summed E-state index contributed by atoms with van der Waals surface area (Å²) in [5.74, 6) is 0.0646. The lowest BCUT2D eigenvalue weighted by Gasteiger charge is -2.07. The SMILES string of the molecule is O=C(COc1ccc(C=NNc2ccc(F)cc2)cc1)Nc1ccccc1. The molecule has 0 aromatic heterocycles. The zero-order chi connectivity index (χ0) is 18.9. The molecule has 0 saturated heterocycles. The van der Waals surface area contributed by atoms with Gasteiger partial charge >= 0.3 is 0 Å². The summed E-state index contributed by atoms with van der Waals surface area (Å²) in [5.41, 5.74) is 5.09. The van der Waals surface area contributed by atoms with Crippen molar-refractivity contribution in [3.63, 3.8) is 0 Å². The molecule has 5 nitrogen and oxygen atoms in total. The number of hydrazone groups is 1. The van der Waals surface area contributed by atoms with E-state index in [0.29, 0.717) is 11.4 Å². The Morgan fingerprint density at radius 2 is 1.63 bits per heavy atom. The second-order valence-corrected chi connectivity index (χ2v) is 5.65. The third-order valence-corrected chi connectivity index (χ3v) is 3.56. The van der Waals surface area contributed by atoms with Crippen LogP contribution in [0.4, 0.5) is 15.8 Å². The topological polar surface area (TPSA) is 62.7 Å². The highest BCUT2D eigenvalue weighted by molar-refractivity contribution is 5.91. The Labute approximate surface area is 156 Å². The fraction of sp³-hybridized carbons (Fsp3) is 0.0476. The van der Waals surface area contributed by atoms with Gasteiger partial charge in [-0.25, -0.2) is 4.39 Å². The Kier molecular flexibility index (Phi) is 6.14. The monoisotopic (exact) mass is 363 g/mol. The van der Waals surface area contributed by atoms with Gasteiger partial charge in [-0.15, -0.1) is 0 Å². The minimum absolute atomic E-state index is 0.0749. The lowest BCUT2D eigenvalue weighted by atomic mass is 10.2. The van der Waals surface area contributed by atoms with Gasteiger partial charge in [-0.1, -0.05) is 18.2 Å². The largest absolute Gasteiger partial charge is 0.484 e. The molecule has 1 amide bonds. The number of amides is 1. The van der Waals surface area contributed by atoms with Crippen molar-refractivity contribution >= 4 is 23.5 Å². The van der Waals surface area contributed by atoms with Crippen molar-refractivity contribution in [1.29, 1.82) is 0 Å². The van der Waals surface area contributed by atoms with Crippen molar-refractivity contribution in [3.8, 4) is 5.75 Å². The van der Waals surface area contributed by atoms with Crippen molar-refractivity contribution in [2.24, 2.45) is 5.10 Å². The number of rotatable bonds is 7. The number of carbonyl (C=O) groups is 1. The molecular formula is C21H18FN3O2. The molecule has 0 radical (unpaired) electrons. The first kappa shape index (κ1) is 18.1. The van der Waals surface area contributed by atoms with Crippen LogP contribution < -0.4 is 15.5 Å². The molecule has 3 aromatic rings. The summed E-state index contributed by atoms with van der Waals surface area (Å²) in [7, 11) is 0. The zero-order valence-corrected chi connectivity index (χ0v) is 14.4.